The second-order valence-corrected chi connectivity index (χ2v) is 3.02. The molecule has 0 atom stereocenters. The van der Waals surface area contributed by atoms with Crippen molar-refractivity contribution >= 4 is 11.9 Å². The lowest BCUT2D eigenvalue weighted by atomic mass is 9.89. The molecular weight excluding hydrogens is 146 g/mol. The second-order valence-electron chi connectivity index (χ2n) is 3.02. The SMILES string of the molecule is COC(=O)C(C)(C)CC(N)=O. The number of hydrogen-bond acceptors (Lipinski definition) is 3. The van der Waals surface area contributed by atoms with Crippen LogP contribution in [-0.4, -0.2) is 19.0 Å². The highest BCUT2D eigenvalue weighted by atomic mass is 16.5. The van der Waals surface area contributed by atoms with E-state index < -0.39 is 17.3 Å². The molecule has 64 valence electrons. The summed E-state index contributed by atoms with van der Waals surface area (Å²) < 4.78 is 4.47. The van der Waals surface area contributed by atoms with E-state index in [9.17, 15) is 9.59 Å². The highest BCUT2D eigenvalue weighted by Crippen LogP contribution is 2.20. The summed E-state index contributed by atoms with van der Waals surface area (Å²) in [5.41, 5.74) is 4.12. The number of amides is 1. The van der Waals surface area contributed by atoms with Crippen molar-refractivity contribution in [2.75, 3.05) is 7.11 Å². The van der Waals surface area contributed by atoms with Crippen LogP contribution < -0.4 is 5.73 Å². The summed E-state index contributed by atoms with van der Waals surface area (Å²) in [5.74, 6) is -0.920. The van der Waals surface area contributed by atoms with Crippen molar-refractivity contribution in [1.29, 1.82) is 0 Å². The summed E-state index contributed by atoms with van der Waals surface area (Å²) in [6.45, 7) is 3.23. The third-order valence-electron chi connectivity index (χ3n) is 1.35. The number of carbonyl (C=O) groups excluding carboxylic acids is 2. The quantitative estimate of drug-likeness (QED) is 0.592. The molecule has 0 unspecified atom stereocenters. The maximum atomic E-state index is 10.9. The molecule has 0 saturated carbocycles. The van der Waals surface area contributed by atoms with Gasteiger partial charge in [0.15, 0.2) is 0 Å². The molecule has 0 aliphatic carbocycles. The number of carbonyl (C=O) groups is 2. The van der Waals surface area contributed by atoms with Crippen molar-refractivity contribution in [3.05, 3.63) is 0 Å². The van der Waals surface area contributed by atoms with E-state index in [1.54, 1.807) is 13.8 Å². The van der Waals surface area contributed by atoms with Gasteiger partial charge in [0.1, 0.15) is 0 Å². The first kappa shape index (κ1) is 9.94. The zero-order chi connectivity index (χ0) is 9.07. The number of rotatable bonds is 3. The van der Waals surface area contributed by atoms with Gasteiger partial charge in [-0.05, 0) is 13.8 Å². The molecule has 0 aromatic carbocycles. The average Bonchev–Trinajstić information content (AvgIpc) is 1.83. The zero-order valence-electron chi connectivity index (χ0n) is 7.01. The molecule has 0 saturated heterocycles. The molecule has 0 aromatic rings. The molecule has 11 heavy (non-hydrogen) atoms. The second kappa shape index (κ2) is 3.37. The molecule has 0 aliphatic rings. The molecule has 0 rings (SSSR count). The molecule has 0 heterocycles. The van der Waals surface area contributed by atoms with Gasteiger partial charge >= 0.3 is 5.97 Å². The fraction of sp³-hybridized carbons (Fsp3) is 0.714. The maximum absolute atomic E-state index is 10.9. The third-order valence-corrected chi connectivity index (χ3v) is 1.35. The van der Waals surface area contributed by atoms with Crippen LogP contribution in [0.4, 0.5) is 0 Å². The van der Waals surface area contributed by atoms with Crippen molar-refractivity contribution < 1.29 is 14.3 Å². The molecular formula is C7H13NO3. The number of ether oxygens (including phenoxy) is 1. The molecule has 0 spiro atoms. The number of esters is 1. The third kappa shape index (κ3) is 3.02. The van der Waals surface area contributed by atoms with Gasteiger partial charge in [0, 0.05) is 6.42 Å². The minimum absolute atomic E-state index is 0.0136. The lowest BCUT2D eigenvalue weighted by Gasteiger charge is -2.18. The summed E-state index contributed by atoms with van der Waals surface area (Å²) in [7, 11) is 1.28. The van der Waals surface area contributed by atoms with E-state index in [0.717, 1.165) is 0 Å². The normalized spacial score (nSPS) is 10.8. The first-order valence-corrected chi connectivity index (χ1v) is 3.27. The first-order valence-electron chi connectivity index (χ1n) is 3.27. The Morgan fingerprint density at radius 3 is 2.18 bits per heavy atom. The molecule has 0 aliphatic heterocycles. The van der Waals surface area contributed by atoms with E-state index in [4.69, 9.17) is 5.73 Å². The Balaban J connectivity index is 4.21. The van der Waals surface area contributed by atoms with Crippen molar-refractivity contribution in [3.8, 4) is 0 Å². The van der Waals surface area contributed by atoms with Crippen LogP contribution in [-0.2, 0) is 14.3 Å². The van der Waals surface area contributed by atoms with Gasteiger partial charge in [-0.3, -0.25) is 9.59 Å². The minimum Gasteiger partial charge on any atom is -0.469 e. The molecule has 0 bridgehead atoms. The van der Waals surface area contributed by atoms with Gasteiger partial charge in [-0.15, -0.1) is 0 Å². The standard InChI is InChI=1S/C7H13NO3/c1-7(2,4-5(8)9)6(10)11-3/h4H2,1-3H3,(H2,8,9). The van der Waals surface area contributed by atoms with E-state index in [2.05, 4.69) is 4.74 Å². The summed E-state index contributed by atoms with van der Waals surface area (Å²) in [5, 5.41) is 0. The fourth-order valence-electron chi connectivity index (χ4n) is 0.784. The van der Waals surface area contributed by atoms with Crippen LogP contribution in [0.1, 0.15) is 20.3 Å². The number of hydrogen-bond donors (Lipinski definition) is 1. The van der Waals surface area contributed by atoms with Gasteiger partial charge in [0.25, 0.3) is 0 Å². The van der Waals surface area contributed by atoms with E-state index >= 15 is 0 Å². The number of nitrogens with two attached hydrogens (primary N) is 1. The fourth-order valence-corrected chi connectivity index (χ4v) is 0.784. The van der Waals surface area contributed by atoms with Crippen LogP contribution in [0.5, 0.6) is 0 Å². The van der Waals surface area contributed by atoms with E-state index in [0.29, 0.717) is 0 Å². The Hall–Kier alpha value is -1.06. The average molecular weight is 159 g/mol. The summed E-state index contributed by atoms with van der Waals surface area (Å²) >= 11 is 0. The van der Waals surface area contributed by atoms with Crippen LogP contribution >= 0.6 is 0 Å². The van der Waals surface area contributed by atoms with E-state index in [1.807, 2.05) is 0 Å². The highest BCUT2D eigenvalue weighted by Gasteiger charge is 2.30. The highest BCUT2D eigenvalue weighted by molar-refractivity contribution is 5.84. The largest absolute Gasteiger partial charge is 0.469 e. The Morgan fingerprint density at radius 1 is 1.45 bits per heavy atom. The molecule has 0 radical (unpaired) electrons. The van der Waals surface area contributed by atoms with Crippen molar-refractivity contribution in [1.82, 2.24) is 0 Å². The lowest BCUT2D eigenvalue weighted by Crippen LogP contribution is -2.31. The van der Waals surface area contributed by atoms with E-state index in [-0.39, 0.29) is 6.42 Å². The van der Waals surface area contributed by atoms with Gasteiger partial charge in [-0.1, -0.05) is 0 Å². The Morgan fingerprint density at radius 2 is 1.91 bits per heavy atom. The number of methoxy groups -OCH3 is 1. The molecule has 1 amide bonds. The van der Waals surface area contributed by atoms with Crippen LogP contribution in [0.2, 0.25) is 0 Å². The van der Waals surface area contributed by atoms with Crippen molar-refractivity contribution in [2.24, 2.45) is 11.1 Å². The summed E-state index contributed by atoms with van der Waals surface area (Å²) in [4.78, 5) is 21.4. The monoisotopic (exact) mass is 159 g/mol. The summed E-state index contributed by atoms with van der Waals surface area (Å²) in [6.07, 6.45) is 0.0136. The number of primary amides is 1. The first-order chi connectivity index (χ1) is 4.90. The predicted octanol–water partition coefficient (Wildman–Crippen LogP) is 0.0610. The minimum atomic E-state index is -0.805. The maximum Gasteiger partial charge on any atom is 0.311 e. The topological polar surface area (TPSA) is 69.4 Å². The van der Waals surface area contributed by atoms with E-state index in [1.165, 1.54) is 7.11 Å². The smallest absolute Gasteiger partial charge is 0.311 e. The Kier molecular flexibility index (Phi) is 3.04. The molecule has 4 heteroatoms. The van der Waals surface area contributed by atoms with Crippen LogP contribution in [0.3, 0.4) is 0 Å². The van der Waals surface area contributed by atoms with Gasteiger partial charge in [-0.2, -0.15) is 0 Å². The van der Waals surface area contributed by atoms with Gasteiger partial charge in [-0.25, -0.2) is 0 Å². The van der Waals surface area contributed by atoms with Crippen LogP contribution in [0.25, 0.3) is 0 Å². The molecule has 0 fully saturated rings. The lowest BCUT2D eigenvalue weighted by molar-refractivity contribution is -0.152. The van der Waals surface area contributed by atoms with Gasteiger partial charge in [0.2, 0.25) is 5.91 Å². The van der Waals surface area contributed by atoms with Crippen molar-refractivity contribution in [3.63, 3.8) is 0 Å². The predicted molar refractivity (Wildman–Crippen MR) is 39.6 cm³/mol. The Bertz CT molecular complexity index is 175. The molecule has 0 aromatic heterocycles. The van der Waals surface area contributed by atoms with Crippen LogP contribution in [0, 0.1) is 5.41 Å². The van der Waals surface area contributed by atoms with Crippen molar-refractivity contribution in [2.45, 2.75) is 20.3 Å². The van der Waals surface area contributed by atoms with Gasteiger partial charge in [0.05, 0.1) is 12.5 Å². The summed E-state index contributed by atoms with van der Waals surface area (Å²) in [6, 6.07) is 0. The molecule has 4 nitrogen and oxygen atoms in total. The zero-order valence-corrected chi connectivity index (χ0v) is 7.01. The molecule has 2 N–H and O–H groups in total. The van der Waals surface area contributed by atoms with Crippen LogP contribution in [0.15, 0.2) is 0 Å². The van der Waals surface area contributed by atoms with Gasteiger partial charge < -0.3 is 10.5 Å². The Labute approximate surface area is 65.7 Å².